The normalized spacial score (nSPS) is 15.3. The van der Waals surface area contributed by atoms with Crippen molar-refractivity contribution in [3.8, 4) is 0 Å². The molecule has 0 aromatic heterocycles. The van der Waals surface area contributed by atoms with Crippen LogP contribution in [0, 0.1) is 0 Å². The van der Waals surface area contributed by atoms with Crippen molar-refractivity contribution in [1.29, 1.82) is 0 Å². The molecule has 0 spiro atoms. The average Bonchev–Trinajstić information content (AvgIpc) is 2.73. The molecule has 0 radical (unpaired) electrons. The first-order chi connectivity index (χ1) is 14.6. The van der Waals surface area contributed by atoms with Gasteiger partial charge in [-0.15, -0.1) is 0 Å². The maximum atomic E-state index is 12.9. The second kappa shape index (κ2) is 9.20. The molecule has 1 fully saturated rings. The number of para-hydroxylation sites is 1. The van der Waals surface area contributed by atoms with E-state index in [0.717, 1.165) is 19.3 Å². The molecule has 3 rings (SSSR count). The van der Waals surface area contributed by atoms with E-state index >= 15 is 0 Å². The van der Waals surface area contributed by atoms with Gasteiger partial charge in [0, 0.05) is 24.2 Å². The summed E-state index contributed by atoms with van der Waals surface area (Å²) in [5, 5.41) is 5.62. The van der Waals surface area contributed by atoms with Crippen LogP contribution in [-0.2, 0) is 10.0 Å². The number of carbonyl (C=O) groups excluding carboxylic acids is 2. The molecule has 0 saturated carbocycles. The highest BCUT2D eigenvalue weighted by atomic mass is 32.2. The molecule has 1 heterocycles. The van der Waals surface area contributed by atoms with Gasteiger partial charge in [0.2, 0.25) is 10.0 Å². The van der Waals surface area contributed by atoms with Crippen molar-refractivity contribution >= 4 is 27.5 Å². The Hall–Kier alpha value is -2.71. The van der Waals surface area contributed by atoms with Crippen molar-refractivity contribution in [2.24, 2.45) is 0 Å². The molecule has 0 aliphatic carbocycles. The highest BCUT2D eigenvalue weighted by Crippen LogP contribution is 2.22. The van der Waals surface area contributed by atoms with Crippen molar-refractivity contribution in [2.75, 3.05) is 18.4 Å². The van der Waals surface area contributed by atoms with Gasteiger partial charge in [-0.25, -0.2) is 8.42 Å². The largest absolute Gasteiger partial charge is 0.347 e. The zero-order valence-electron chi connectivity index (χ0n) is 18.1. The van der Waals surface area contributed by atoms with Crippen LogP contribution >= 0.6 is 0 Å². The Bertz CT molecular complexity index is 1070. The second-order valence-electron chi connectivity index (χ2n) is 8.70. The number of rotatable bonds is 5. The molecule has 2 N–H and O–H groups in total. The van der Waals surface area contributed by atoms with Crippen LogP contribution in [0.5, 0.6) is 0 Å². The van der Waals surface area contributed by atoms with Gasteiger partial charge >= 0.3 is 0 Å². The minimum Gasteiger partial charge on any atom is -0.347 e. The molecule has 0 bridgehead atoms. The van der Waals surface area contributed by atoms with Crippen LogP contribution in [0.15, 0.2) is 53.4 Å². The number of amides is 2. The maximum Gasteiger partial charge on any atom is 0.255 e. The van der Waals surface area contributed by atoms with Gasteiger partial charge < -0.3 is 10.6 Å². The number of hydrogen-bond acceptors (Lipinski definition) is 4. The highest BCUT2D eigenvalue weighted by Gasteiger charge is 2.26. The minimum atomic E-state index is -3.64. The van der Waals surface area contributed by atoms with Crippen molar-refractivity contribution in [3.63, 3.8) is 0 Å². The first-order valence-electron chi connectivity index (χ1n) is 10.4. The number of piperidine rings is 1. The first-order valence-corrected chi connectivity index (χ1v) is 11.8. The number of anilines is 1. The van der Waals surface area contributed by atoms with Gasteiger partial charge in [0.05, 0.1) is 16.1 Å². The molecule has 2 amide bonds. The third kappa shape index (κ3) is 5.71. The standard InChI is InChI=1S/C23H29N3O4S/c1-23(2,3)25-22(28)19-12-5-6-13-20(19)24-21(27)17-10-9-11-18(16-17)31(29,30)26-14-7-4-8-15-26/h5-6,9-13,16H,4,7-8,14-15H2,1-3H3,(H,24,27)(H,25,28). The third-order valence-corrected chi connectivity index (χ3v) is 6.85. The van der Waals surface area contributed by atoms with Crippen molar-refractivity contribution in [3.05, 3.63) is 59.7 Å². The fraction of sp³-hybridized carbons (Fsp3) is 0.391. The van der Waals surface area contributed by atoms with E-state index in [-0.39, 0.29) is 16.4 Å². The summed E-state index contributed by atoms with van der Waals surface area (Å²) in [6.07, 6.45) is 2.70. The number of carbonyl (C=O) groups is 2. The lowest BCUT2D eigenvalue weighted by atomic mass is 10.1. The van der Waals surface area contributed by atoms with Crippen molar-refractivity contribution in [1.82, 2.24) is 9.62 Å². The zero-order valence-corrected chi connectivity index (χ0v) is 19.0. The predicted molar refractivity (Wildman–Crippen MR) is 121 cm³/mol. The molecular weight excluding hydrogens is 414 g/mol. The summed E-state index contributed by atoms with van der Waals surface area (Å²) < 4.78 is 27.3. The number of sulfonamides is 1. The quantitative estimate of drug-likeness (QED) is 0.737. The lowest BCUT2D eigenvalue weighted by molar-refractivity contribution is 0.0920. The van der Waals surface area contributed by atoms with Crippen LogP contribution in [0.2, 0.25) is 0 Å². The molecule has 7 nitrogen and oxygen atoms in total. The lowest BCUT2D eigenvalue weighted by Gasteiger charge is -2.26. The van der Waals surface area contributed by atoms with E-state index in [1.54, 1.807) is 36.4 Å². The fourth-order valence-corrected chi connectivity index (χ4v) is 5.01. The fourth-order valence-electron chi connectivity index (χ4n) is 3.44. The predicted octanol–water partition coefficient (Wildman–Crippen LogP) is 3.64. The van der Waals surface area contributed by atoms with Crippen LogP contribution in [-0.4, -0.2) is 43.2 Å². The second-order valence-corrected chi connectivity index (χ2v) is 10.6. The van der Waals surface area contributed by atoms with E-state index in [1.165, 1.54) is 16.4 Å². The van der Waals surface area contributed by atoms with Crippen molar-refractivity contribution < 1.29 is 18.0 Å². The molecule has 0 unspecified atom stereocenters. The van der Waals surface area contributed by atoms with Gasteiger partial charge in [0.1, 0.15) is 0 Å². The molecule has 2 aromatic carbocycles. The lowest BCUT2D eigenvalue weighted by Crippen LogP contribution is -2.40. The maximum absolute atomic E-state index is 12.9. The summed E-state index contributed by atoms with van der Waals surface area (Å²) >= 11 is 0. The Morgan fingerprint density at radius 3 is 2.26 bits per heavy atom. The van der Waals surface area contributed by atoms with Gasteiger partial charge in [-0.3, -0.25) is 9.59 Å². The van der Waals surface area contributed by atoms with Gasteiger partial charge in [0.25, 0.3) is 11.8 Å². The Kier molecular flexibility index (Phi) is 6.81. The molecule has 0 atom stereocenters. The molecule has 2 aromatic rings. The Morgan fingerprint density at radius 1 is 0.903 bits per heavy atom. The van der Waals surface area contributed by atoms with E-state index in [4.69, 9.17) is 0 Å². The molecule has 8 heteroatoms. The summed E-state index contributed by atoms with van der Waals surface area (Å²) in [5.74, 6) is -0.781. The van der Waals surface area contributed by atoms with Crippen LogP contribution in [0.3, 0.4) is 0 Å². The summed E-state index contributed by atoms with van der Waals surface area (Å²) in [5.41, 5.74) is 0.483. The van der Waals surface area contributed by atoms with Crippen LogP contribution < -0.4 is 10.6 Å². The molecule has 1 aliphatic rings. The molecule has 1 saturated heterocycles. The molecule has 166 valence electrons. The summed E-state index contributed by atoms with van der Waals surface area (Å²) in [4.78, 5) is 25.6. The summed E-state index contributed by atoms with van der Waals surface area (Å²) in [7, 11) is -3.64. The van der Waals surface area contributed by atoms with E-state index in [0.29, 0.717) is 24.3 Å². The minimum absolute atomic E-state index is 0.0980. The number of nitrogens with one attached hydrogen (secondary N) is 2. The van der Waals surface area contributed by atoms with Gasteiger partial charge in [-0.05, 0) is 63.9 Å². The van der Waals surface area contributed by atoms with Crippen LogP contribution in [0.1, 0.15) is 60.7 Å². The zero-order chi connectivity index (χ0) is 22.6. The number of hydrogen-bond donors (Lipinski definition) is 2. The number of benzene rings is 2. The van der Waals surface area contributed by atoms with Gasteiger partial charge in [-0.1, -0.05) is 24.6 Å². The Balaban J connectivity index is 1.82. The average molecular weight is 444 g/mol. The molecule has 31 heavy (non-hydrogen) atoms. The summed E-state index contributed by atoms with van der Waals surface area (Å²) in [6.45, 7) is 6.62. The van der Waals surface area contributed by atoms with Gasteiger partial charge in [0.15, 0.2) is 0 Å². The molecular formula is C23H29N3O4S. The Labute approximate surface area is 183 Å². The van der Waals surface area contributed by atoms with E-state index in [1.807, 2.05) is 20.8 Å². The van der Waals surface area contributed by atoms with Gasteiger partial charge in [-0.2, -0.15) is 4.31 Å². The Morgan fingerprint density at radius 2 is 1.58 bits per heavy atom. The first kappa shape index (κ1) is 23.0. The van der Waals surface area contributed by atoms with E-state index in [2.05, 4.69) is 10.6 Å². The third-order valence-electron chi connectivity index (χ3n) is 4.96. The van der Waals surface area contributed by atoms with Crippen LogP contribution in [0.25, 0.3) is 0 Å². The SMILES string of the molecule is CC(C)(C)NC(=O)c1ccccc1NC(=O)c1cccc(S(=O)(=O)N2CCCCC2)c1. The number of nitrogens with zero attached hydrogens (tertiary/aromatic N) is 1. The molecule has 1 aliphatic heterocycles. The van der Waals surface area contributed by atoms with Crippen molar-refractivity contribution in [2.45, 2.75) is 50.5 Å². The van der Waals surface area contributed by atoms with E-state index < -0.39 is 21.5 Å². The van der Waals surface area contributed by atoms with Crippen LogP contribution in [0.4, 0.5) is 5.69 Å². The smallest absolute Gasteiger partial charge is 0.255 e. The highest BCUT2D eigenvalue weighted by molar-refractivity contribution is 7.89. The summed E-state index contributed by atoms with van der Waals surface area (Å²) in [6, 6.07) is 12.7. The topological polar surface area (TPSA) is 95.6 Å². The monoisotopic (exact) mass is 443 g/mol. The van der Waals surface area contributed by atoms with E-state index in [9.17, 15) is 18.0 Å².